The Labute approximate surface area is 105 Å². The second-order valence-electron chi connectivity index (χ2n) is 3.92. The average molecular weight is 239 g/mol. The number of aromatic nitrogens is 3. The van der Waals surface area contributed by atoms with Crippen LogP contribution < -0.4 is 4.74 Å². The Hall–Kier alpha value is -2.36. The molecule has 1 aromatic heterocycles. The van der Waals surface area contributed by atoms with Gasteiger partial charge in [0.1, 0.15) is 11.3 Å². The molecule has 90 valence electrons. The van der Waals surface area contributed by atoms with Crippen LogP contribution in [0, 0.1) is 0 Å². The Morgan fingerprint density at radius 2 is 1.83 bits per heavy atom. The maximum absolute atomic E-state index is 5.42. The third kappa shape index (κ3) is 1.82. The van der Waals surface area contributed by atoms with E-state index in [1.807, 2.05) is 60.1 Å². The number of para-hydroxylation sites is 1. The molecule has 3 rings (SSSR count). The van der Waals surface area contributed by atoms with Crippen molar-refractivity contribution in [3.63, 3.8) is 0 Å². The number of nitrogens with zero attached hydrogens (tertiary/aromatic N) is 3. The van der Waals surface area contributed by atoms with Gasteiger partial charge in [-0.2, -0.15) is 0 Å². The second-order valence-corrected chi connectivity index (χ2v) is 3.92. The van der Waals surface area contributed by atoms with E-state index >= 15 is 0 Å². The molecule has 0 fully saturated rings. The summed E-state index contributed by atoms with van der Waals surface area (Å²) in [5.41, 5.74) is 2.88. The van der Waals surface area contributed by atoms with Crippen LogP contribution in [-0.4, -0.2) is 21.6 Å². The van der Waals surface area contributed by atoms with Gasteiger partial charge in [0, 0.05) is 0 Å². The lowest BCUT2D eigenvalue weighted by Gasteiger charge is -2.05. The van der Waals surface area contributed by atoms with Crippen LogP contribution in [0.25, 0.3) is 16.7 Å². The highest BCUT2D eigenvalue weighted by Gasteiger charge is 2.05. The van der Waals surface area contributed by atoms with E-state index in [4.69, 9.17) is 4.74 Å². The SMILES string of the molecule is CCOc1ccc(-n2nnc3ccccc32)cc1. The highest BCUT2D eigenvalue weighted by molar-refractivity contribution is 5.75. The van der Waals surface area contributed by atoms with E-state index in [2.05, 4.69) is 10.3 Å². The normalized spacial score (nSPS) is 10.7. The van der Waals surface area contributed by atoms with Crippen molar-refractivity contribution in [2.75, 3.05) is 6.61 Å². The molecule has 3 aromatic rings. The van der Waals surface area contributed by atoms with Crippen molar-refractivity contribution in [2.45, 2.75) is 6.92 Å². The minimum atomic E-state index is 0.672. The first-order valence-corrected chi connectivity index (χ1v) is 5.92. The van der Waals surface area contributed by atoms with Crippen molar-refractivity contribution >= 4 is 11.0 Å². The van der Waals surface area contributed by atoms with E-state index in [1.54, 1.807) is 0 Å². The van der Waals surface area contributed by atoms with Crippen LogP contribution in [0.15, 0.2) is 48.5 Å². The lowest BCUT2D eigenvalue weighted by molar-refractivity contribution is 0.340. The van der Waals surface area contributed by atoms with Crippen molar-refractivity contribution in [3.05, 3.63) is 48.5 Å². The van der Waals surface area contributed by atoms with E-state index in [1.165, 1.54) is 0 Å². The molecule has 0 atom stereocenters. The summed E-state index contributed by atoms with van der Waals surface area (Å²) >= 11 is 0. The maximum atomic E-state index is 5.42. The van der Waals surface area contributed by atoms with Gasteiger partial charge in [-0.1, -0.05) is 17.3 Å². The van der Waals surface area contributed by atoms with Gasteiger partial charge in [-0.15, -0.1) is 5.10 Å². The Balaban J connectivity index is 2.03. The molecule has 4 nitrogen and oxygen atoms in total. The van der Waals surface area contributed by atoms with Crippen molar-refractivity contribution in [2.24, 2.45) is 0 Å². The molecule has 4 heteroatoms. The Bertz CT molecular complexity index is 658. The largest absolute Gasteiger partial charge is 0.494 e. The van der Waals surface area contributed by atoms with Crippen molar-refractivity contribution in [1.29, 1.82) is 0 Å². The summed E-state index contributed by atoms with van der Waals surface area (Å²) in [5, 5.41) is 8.30. The van der Waals surface area contributed by atoms with Gasteiger partial charge in [-0.05, 0) is 43.3 Å². The van der Waals surface area contributed by atoms with Crippen LogP contribution in [0.1, 0.15) is 6.92 Å². The number of rotatable bonds is 3. The van der Waals surface area contributed by atoms with Crippen LogP contribution in [0.2, 0.25) is 0 Å². The number of benzene rings is 2. The van der Waals surface area contributed by atoms with Crippen LogP contribution in [0.4, 0.5) is 0 Å². The molecule has 0 aliphatic rings. The van der Waals surface area contributed by atoms with Crippen LogP contribution in [0.3, 0.4) is 0 Å². The lowest BCUT2D eigenvalue weighted by Crippen LogP contribution is -1.97. The van der Waals surface area contributed by atoms with Gasteiger partial charge < -0.3 is 4.74 Å². The van der Waals surface area contributed by atoms with Crippen molar-refractivity contribution in [1.82, 2.24) is 15.0 Å². The molecule has 18 heavy (non-hydrogen) atoms. The molecule has 0 bridgehead atoms. The van der Waals surface area contributed by atoms with Crippen LogP contribution in [0.5, 0.6) is 5.75 Å². The monoisotopic (exact) mass is 239 g/mol. The molecule has 0 amide bonds. The fourth-order valence-electron chi connectivity index (χ4n) is 1.91. The van der Waals surface area contributed by atoms with Crippen molar-refractivity contribution < 1.29 is 4.74 Å². The first-order chi connectivity index (χ1) is 8.88. The van der Waals surface area contributed by atoms with Gasteiger partial charge in [0.15, 0.2) is 0 Å². The minimum Gasteiger partial charge on any atom is -0.494 e. The average Bonchev–Trinajstić information content (AvgIpc) is 2.84. The molecule has 0 unspecified atom stereocenters. The summed E-state index contributed by atoms with van der Waals surface area (Å²) in [6.07, 6.45) is 0. The molecular formula is C14H13N3O. The summed E-state index contributed by atoms with van der Waals surface area (Å²) < 4.78 is 7.24. The van der Waals surface area contributed by atoms with Crippen molar-refractivity contribution in [3.8, 4) is 11.4 Å². The molecule has 0 saturated carbocycles. The molecule has 0 aliphatic carbocycles. The van der Waals surface area contributed by atoms with E-state index in [9.17, 15) is 0 Å². The van der Waals surface area contributed by atoms with Gasteiger partial charge in [-0.3, -0.25) is 0 Å². The van der Waals surface area contributed by atoms with Gasteiger partial charge in [0.05, 0.1) is 17.8 Å². The molecule has 0 saturated heterocycles. The summed E-state index contributed by atoms with van der Waals surface area (Å²) in [6.45, 7) is 2.64. The molecule has 0 radical (unpaired) electrons. The first-order valence-electron chi connectivity index (χ1n) is 5.92. The predicted octanol–water partition coefficient (Wildman–Crippen LogP) is 2.82. The highest BCUT2D eigenvalue weighted by Crippen LogP contribution is 2.18. The molecule has 0 N–H and O–H groups in total. The van der Waals surface area contributed by atoms with Gasteiger partial charge in [0.2, 0.25) is 0 Å². The quantitative estimate of drug-likeness (QED) is 0.705. The molecule has 2 aromatic carbocycles. The molecule has 0 spiro atoms. The summed E-state index contributed by atoms with van der Waals surface area (Å²) in [7, 11) is 0. The van der Waals surface area contributed by atoms with E-state index < -0.39 is 0 Å². The fraction of sp³-hybridized carbons (Fsp3) is 0.143. The Morgan fingerprint density at radius 3 is 2.61 bits per heavy atom. The zero-order valence-corrected chi connectivity index (χ0v) is 10.1. The molecule has 1 heterocycles. The second kappa shape index (κ2) is 4.49. The van der Waals surface area contributed by atoms with E-state index in [0.29, 0.717) is 6.61 Å². The maximum Gasteiger partial charge on any atom is 0.119 e. The van der Waals surface area contributed by atoms with Crippen LogP contribution in [-0.2, 0) is 0 Å². The summed E-state index contributed by atoms with van der Waals surface area (Å²) in [5.74, 6) is 0.866. The number of hydrogen-bond acceptors (Lipinski definition) is 3. The first kappa shape index (κ1) is 10.8. The lowest BCUT2D eigenvalue weighted by atomic mass is 10.2. The van der Waals surface area contributed by atoms with Gasteiger partial charge in [-0.25, -0.2) is 4.68 Å². The fourth-order valence-corrected chi connectivity index (χ4v) is 1.91. The molecule has 0 aliphatic heterocycles. The number of hydrogen-bond donors (Lipinski definition) is 0. The molecular weight excluding hydrogens is 226 g/mol. The summed E-state index contributed by atoms with van der Waals surface area (Å²) in [4.78, 5) is 0. The predicted molar refractivity (Wildman–Crippen MR) is 70.0 cm³/mol. The zero-order chi connectivity index (χ0) is 12.4. The van der Waals surface area contributed by atoms with Gasteiger partial charge in [0.25, 0.3) is 0 Å². The minimum absolute atomic E-state index is 0.672. The number of fused-ring (bicyclic) bond motifs is 1. The van der Waals surface area contributed by atoms with E-state index in [0.717, 1.165) is 22.5 Å². The van der Waals surface area contributed by atoms with Gasteiger partial charge >= 0.3 is 0 Å². The standard InChI is InChI=1S/C14H13N3O/c1-2-18-12-9-7-11(8-10-12)17-14-6-4-3-5-13(14)15-16-17/h3-10H,2H2,1H3. The smallest absolute Gasteiger partial charge is 0.119 e. The topological polar surface area (TPSA) is 39.9 Å². The third-order valence-corrected chi connectivity index (χ3v) is 2.74. The summed E-state index contributed by atoms with van der Waals surface area (Å²) in [6, 6.07) is 15.7. The highest BCUT2D eigenvalue weighted by atomic mass is 16.5. The Kier molecular flexibility index (Phi) is 2.68. The number of ether oxygens (including phenoxy) is 1. The Morgan fingerprint density at radius 1 is 1.06 bits per heavy atom. The third-order valence-electron chi connectivity index (χ3n) is 2.74. The zero-order valence-electron chi connectivity index (χ0n) is 10.1. The van der Waals surface area contributed by atoms with Crippen LogP contribution >= 0.6 is 0 Å². The van der Waals surface area contributed by atoms with E-state index in [-0.39, 0.29) is 0 Å².